The van der Waals surface area contributed by atoms with E-state index in [9.17, 15) is 18.0 Å². The summed E-state index contributed by atoms with van der Waals surface area (Å²) in [4.78, 5) is 21.3. The van der Waals surface area contributed by atoms with Crippen molar-refractivity contribution in [3.05, 3.63) is 58.5 Å². The zero-order valence-corrected chi connectivity index (χ0v) is 17.1. The second-order valence-electron chi connectivity index (χ2n) is 6.86. The molecule has 0 saturated heterocycles. The summed E-state index contributed by atoms with van der Waals surface area (Å²) < 4.78 is 47.5. The average molecular weight is 473 g/mol. The Morgan fingerprint density at radius 3 is 2.77 bits per heavy atom. The molecule has 3 aromatic heterocycles. The van der Waals surface area contributed by atoms with Gasteiger partial charge in [0.2, 0.25) is 11.7 Å². The Labute approximate surface area is 182 Å². The van der Waals surface area contributed by atoms with Gasteiger partial charge in [-0.2, -0.15) is 23.0 Å². The number of nitrogens with two attached hydrogens (primary N) is 1. The van der Waals surface area contributed by atoms with Gasteiger partial charge in [0.1, 0.15) is 11.3 Å². The lowest BCUT2D eigenvalue weighted by molar-refractivity contribution is -0.142. The molecule has 0 aromatic carbocycles. The average Bonchev–Trinajstić information content (AvgIpc) is 3.08. The third-order valence-corrected chi connectivity index (χ3v) is 5.44. The second-order valence-corrected chi connectivity index (χ2v) is 8.14. The van der Waals surface area contributed by atoms with E-state index in [1.807, 2.05) is 0 Å². The molecule has 1 aliphatic carbocycles. The van der Waals surface area contributed by atoms with Crippen molar-refractivity contribution in [1.82, 2.24) is 24.7 Å². The van der Waals surface area contributed by atoms with Crippen LogP contribution in [0.2, 0.25) is 0 Å². The van der Waals surface area contributed by atoms with Crippen molar-refractivity contribution in [3.8, 4) is 11.7 Å². The molecule has 3 heterocycles. The lowest BCUT2D eigenvalue weighted by atomic mass is 10.0. The topological polar surface area (TPSA) is 112 Å². The maximum Gasteiger partial charge on any atom is 0.437 e. The summed E-state index contributed by atoms with van der Waals surface area (Å²) in [5.41, 5.74) is 3.84. The van der Waals surface area contributed by atoms with Crippen LogP contribution in [0.1, 0.15) is 12.6 Å². The van der Waals surface area contributed by atoms with Gasteiger partial charge in [0, 0.05) is 0 Å². The number of rotatable bonds is 3. The van der Waals surface area contributed by atoms with Crippen LogP contribution < -0.4 is 16.0 Å². The molecule has 2 atom stereocenters. The van der Waals surface area contributed by atoms with E-state index < -0.39 is 39.4 Å². The van der Waals surface area contributed by atoms with E-state index in [0.717, 1.165) is 4.68 Å². The number of nitrogen functional groups attached to an aromatic ring is 1. The van der Waals surface area contributed by atoms with E-state index in [4.69, 9.17) is 33.7 Å². The highest BCUT2D eigenvalue weighted by Crippen LogP contribution is 2.36. The number of aromatic amines is 1. The number of anilines is 1. The minimum atomic E-state index is -5.00. The van der Waals surface area contributed by atoms with Crippen molar-refractivity contribution in [2.75, 3.05) is 5.73 Å². The van der Waals surface area contributed by atoms with Gasteiger partial charge in [-0.05, 0) is 25.1 Å². The molecular formula is C18H13Cl2F3N6O2. The van der Waals surface area contributed by atoms with Crippen LogP contribution in [0.4, 0.5) is 18.9 Å². The van der Waals surface area contributed by atoms with E-state index in [1.165, 1.54) is 36.7 Å². The number of hydrogen-bond acceptors (Lipinski definition) is 6. The Hall–Kier alpha value is -3.05. The molecule has 0 spiro atoms. The van der Waals surface area contributed by atoms with Crippen molar-refractivity contribution in [1.29, 1.82) is 0 Å². The normalized spacial score (nSPS) is 21.4. The molecule has 3 N–H and O–H groups in total. The Morgan fingerprint density at radius 2 is 2.10 bits per heavy atom. The fourth-order valence-electron chi connectivity index (χ4n) is 2.88. The number of H-pyrrole nitrogens is 1. The Morgan fingerprint density at radius 1 is 1.35 bits per heavy atom. The van der Waals surface area contributed by atoms with Crippen LogP contribution in [-0.4, -0.2) is 35.0 Å². The molecule has 13 heteroatoms. The zero-order chi connectivity index (χ0) is 22.6. The van der Waals surface area contributed by atoms with Crippen LogP contribution in [0.3, 0.4) is 0 Å². The summed E-state index contributed by atoms with van der Waals surface area (Å²) in [5.74, 6) is -1.61. The monoisotopic (exact) mass is 472 g/mol. The number of allylic oxidation sites excluding steroid dienone is 3. The standard InChI is InChI=1S/C18H13Cl2F3N6O2/c1-17(20)5-9(2-3-12(17)19)31-13-14(18(21,22)23)27-16(28-15(13)30)29-11-4-8(24)6-25-10(11)7-26-29/h2-7,12H,24H2,1H3,(H,27,28,30). The molecular weight excluding hydrogens is 460 g/mol. The van der Waals surface area contributed by atoms with E-state index in [0.29, 0.717) is 5.52 Å². The van der Waals surface area contributed by atoms with Crippen molar-refractivity contribution in [3.63, 3.8) is 0 Å². The predicted octanol–water partition coefficient (Wildman–Crippen LogP) is 3.54. The highest BCUT2D eigenvalue weighted by molar-refractivity contribution is 6.34. The number of ether oxygens (including phenoxy) is 1. The summed E-state index contributed by atoms with van der Waals surface area (Å²) in [7, 11) is 0. The van der Waals surface area contributed by atoms with Gasteiger partial charge in [0.25, 0.3) is 5.56 Å². The van der Waals surface area contributed by atoms with Crippen LogP contribution in [-0.2, 0) is 6.18 Å². The van der Waals surface area contributed by atoms with Crippen LogP contribution in [0.5, 0.6) is 5.75 Å². The molecule has 0 fully saturated rings. The highest BCUT2D eigenvalue weighted by Gasteiger charge is 2.40. The summed E-state index contributed by atoms with van der Waals surface area (Å²) in [6.45, 7) is 1.55. The lowest BCUT2D eigenvalue weighted by Gasteiger charge is -2.26. The molecule has 0 amide bonds. The predicted molar refractivity (Wildman–Crippen MR) is 108 cm³/mol. The molecule has 2 unspecified atom stereocenters. The number of halogens is 5. The van der Waals surface area contributed by atoms with Gasteiger partial charge in [-0.3, -0.25) is 14.8 Å². The number of aromatic nitrogens is 5. The molecule has 3 aromatic rings. The van der Waals surface area contributed by atoms with Crippen LogP contribution in [0.25, 0.3) is 17.0 Å². The summed E-state index contributed by atoms with van der Waals surface area (Å²) in [6, 6.07) is 1.44. The maximum absolute atomic E-state index is 13.8. The molecule has 162 valence electrons. The first-order chi connectivity index (χ1) is 14.5. The largest absolute Gasteiger partial charge is 0.450 e. The first kappa shape index (κ1) is 21.2. The van der Waals surface area contributed by atoms with Gasteiger partial charge >= 0.3 is 6.18 Å². The van der Waals surface area contributed by atoms with Crippen molar-refractivity contribution in [2.45, 2.75) is 23.4 Å². The van der Waals surface area contributed by atoms with Crippen LogP contribution >= 0.6 is 23.2 Å². The second kappa shape index (κ2) is 7.27. The molecule has 0 saturated carbocycles. The number of hydrogen-bond donors (Lipinski definition) is 2. The number of pyridine rings is 1. The number of fused-ring (bicyclic) bond motifs is 1. The zero-order valence-electron chi connectivity index (χ0n) is 15.6. The van der Waals surface area contributed by atoms with Gasteiger partial charge in [-0.25, -0.2) is 4.98 Å². The molecule has 31 heavy (non-hydrogen) atoms. The molecule has 4 rings (SSSR count). The SMILES string of the molecule is CC1(Cl)C=C(Oc2c(C(F)(F)F)nc(-n3ncc4ncc(N)cc43)[nH]c2=O)C=CC1Cl. The minimum Gasteiger partial charge on any atom is -0.450 e. The summed E-state index contributed by atoms with van der Waals surface area (Å²) >= 11 is 12.3. The smallest absolute Gasteiger partial charge is 0.437 e. The van der Waals surface area contributed by atoms with E-state index in [2.05, 4.69) is 20.1 Å². The Balaban J connectivity index is 1.84. The third kappa shape index (κ3) is 3.98. The molecule has 1 aliphatic rings. The minimum absolute atomic E-state index is 0.0820. The Kier molecular flexibility index (Phi) is 4.97. The quantitative estimate of drug-likeness (QED) is 0.563. The van der Waals surface area contributed by atoms with E-state index >= 15 is 0 Å². The van der Waals surface area contributed by atoms with Crippen LogP contribution in [0, 0.1) is 0 Å². The van der Waals surface area contributed by atoms with E-state index in [-0.39, 0.29) is 17.0 Å². The van der Waals surface area contributed by atoms with Gasteiger partial charge in [0.05, 0.1) is 33.8 Å². The first-order valence-electron chi connectivity index (χ1n) is 8.69. The molecule has 0 bridgehead atoms. The first-order valence-corrected chi connectivity index (χ1v) is 9.50. The van der Waals surface area contributed by atoms with Crippen molar-refractivity contribution >= 4 is 39.9 Å². The van der Waals surface area contributed by atoms with Crippen molar-refractivity contribution < 1.29 is 17.9 Å². The number of nitrogens with zero attached hydrogens (tertiary/aromatic N) is 4. The molecule has 8 nitrogen and oxygen atoms in total. The summed E-state index contributed by atoms with van der Waals surface area (Å²) in [5, 5.41) is 3.33. The van der Waals surface area contributed by atoms with Gasteiger partial charge in [-0.1, -0.05) is 6.08 Å². The fraction of sp³-hybridized carbons (Fsp3) is 0.222. The highest BCUT2D eigenvalue weighted by atomic mass is 35.5. The van der Waals surface area contributed by atoms with Gasteiger partial charge in [-0.15, -0.1) is 23.2 Å². The molecule has 0 aliphatic heterocycles. The maximum atomic E-state index is 13.8. The third-order valence-electron chi connectivity index (χ3n) is 4.39. The van der Waals surface area contributed by atoms with Gasteiger partial charge < -0.3 is 10.5 Å². The van der Waals surface area contributed by atoms with Crippen LogP contribution in [0.15, 0.2) is 47.2 Å². The van der Waals surface area contributed by atoms with Gasteiger partial charge in [0.15, 0.2) is 5.69 Å². The Bertz CT molecular complexity index is 1300. The molecule has 0 radical (unpaired) electrons. The lowest BCUT2D eigenvalue weighted by Crippen LogP contribution is -2.29. The summed E-state index contributed by atoms with van der Waals surface area (Å²) in [6.07, 6.45) is 1.75. The number of nitrogens with one attached hydrogen (secondary N) is 1. The number of alkyl halides is 5. The van der Waals surface area contributed by atoms with Crippen molar-refractivity contribution in [2.24, 2.45) is 0 Å². The van der Waals surface area contributed by atoms with E-state index in [1.54, 1.807) is 6.92 Å². The fourth-order valence-corrected chi connectivity index (χ4v) is 3.20.